The number of benzene rings is 2. The highest BCUT2D eigenvalue weighted by atomic mass is 32.2. The molecule has 0 aliphatic carbocycles. The lowest BCUT2D eigenvalue weighted by Crippen LogP contribution is -2.49. The molecule has 7 nitrogen and oxygen atoms in total. The van der Waals surface area contributed by atoms with Gasteiger partial charge in [-0.25, -0.2) is 13.4 Å². The molecule has 0 saturated carbocycles. The average Bonchev–Trinajstić information content (AvgIpc) is 3.50. The molecule has 0 bridgehead atoms. The zero-order chi connectivity index (χ0) is 23.7. The summed E-state index contributed by atoms with van der Waals surface area (Å²) >= 11 is 1.71. The first-order valence-corrected chi connectivity index (χ1v) is 13.6. The smallest absolute Gasteiger partial charge is 0.289 e. The van der Waals surface area contributed by atoms with Crippen molar-refractivity contribution in [2.24, 2.45) is 0 Å². The van der Waals surface area contributed by atoms with Crippen molar-refractivity contribution in [3.05, 3.63) is 83.3 Å². The highest BCUT2D eigenvalue weighted by Gasteiger charge is 2.28. The molecule has 1 saturated heterocycles. The Bertz CT molecular complexity index is 1370. The molecule has 1 amide bonds. The maximum absolute atomic E-state index is 13.0. The van der Waals surface area contributed by atoms with Gasteiger partial charge in [0.05, 0.1) is 21.2 Å². The van der Waals surface area contributed by atoms with Crippen LogP contribution in [0.25, 0.3) is 10.2 Å². The van der Waals surface area contributed by atoms with Crippen LogP contribution in [0.3, 0.4) is 0 Å². The third kappa shape index (κ3) is 4.64. The van der Waals surface area contributed by atoms with E-state index in [-0.39, 0.29) is 34.1 Å². The van der Waals surface area contributed by atoms with Crippen molar-refractivity contribution in [2.75, 3.05) is 26.2 Å². The summed E-state index contributed by atoms with van der Waals surface area (Å²) in [6, 6.07) is 19.7. The van der Waals surface area contributed by atoms with Crippen molar-refractivity contribution >= 4 is 37.3 Å². The number of fused-ring (bicyclic) bond motifs is 1. The third-order valence-electron chi connectivity index (χ3n) is 6.12. The van der Waals surface area contributed by atoms with E-state index in [1.165, 1.54) is 4.70 Å². The van der Waals surface area contributed by atoms with Gasteiger partial charge < -0.3 is 9.32 Å². The largest absolute Gasteiger partial charge is 0.455 e. The Balaban J connectivity index is 1.20. The molecule has 1 aliphatic heterocycles. The van der Waals surface area contributed by atoms with Gasteiger partial charge in [0.25, 0.3) is 5.91 Å². The summed E-state index contributed by atoms with van der Waals surface area (Å²) in [4.78, 5) is 22.1. The molecule has 34 heavy (non-hydrogen) atoms. The number of thiazole rings is 1. The lowest BCUT2D eigenvalue weighted by molar-refractivity contribution is 0.0551. The summed E-state index contributed by atoms with van der Waals surface area (Å²) < 4.78 is 32.0. The molecule has 1 fully saturated rings. The Labute approximate surface area is 202 Å². The molecule has 5 rings (SSSR count). The summed E-state index contributed by atoms with van der Waals surface area (Å²) in [5.74, 6) is -0.0607. The first-order chi connectivity index (χ1) is 16.4. The molecule has 1 atom stereocenters. The maximum Gasteiger partial charge on any atom is 0.289 e. The van der Waals surface area contributed by atoms with Crippen molar-refractivity contribution in [2.45, 2.75) is 23.6 Å². The monoisotopic (exact) mass is 495 g/mol. The Kier molecular flexibility index (Phi) is 6.24. The number of sulfone groups is 1. The van der Waals surface area contributed by atoms with E-state index in [0.717, 1.165) is 23.6 Å². The standard InChI is InChI=1S/C25H25N3O4S2/c1-18(24-26-21-9-5-6-10-23(21)33-24)27-13-15-28(16-14-27)25(29)22-12-11-19(32-22)17-34(30,31)20-7-3-2-4-8-20/h2-12,18H,13-17H2,1H3/t18-/m1/s1. The number of furan rings is 1. The zero-order valence-corrected chi connectivity index (χ0v) is 20.4. The quantitative estimate of drug-likeness (QED) is 0.395. The van der Waals surface area contributed by atoms with Crippen LogP contribution in [0.15, 0.2) is 76.0 Å². The van der Waals surface area contributed by atoms with E-state index in [9.17, 15) is 13.2 Å². The topological polar surface area (TPSA) is 83.7 Å². The molecule has 176 valence electrons. The second-order valence-electron chi connectivity index (χ2n) is 8.36. The highest BCUT2D eigenvalue weighted by molar-refractivity contribution is 7.90. The van der Waals surface area contributed by atoms with Gasteiger partial charge in [-0.1, -0.05) is 30.3 Å². The van der Waals surface area contributed by atoms with E-state index < -0.39 is 9.84 Å². The fraction of sp³-hybridized carbons (Fsp3) is 0.280. The van der Waals surface area contributed by atoms with Crippen molar-refractivity contribution in [1.29, 1.82) is 0 Å². The zero-order valence-electron chi connectivity index (χ0n) is 18.8. The Morgan fingerprint density at radius 2 is 1.71 bits per heavy atom. The predicted octanol–water partition coefficient (Wildman–Crippen LogP) is 4.38. The molecular formula is C25H25N3O4S2. The van der Waals surface area contributed by atoms with Gasteiger partial charge in [-0.05, 0) is 43.3 Å². The van der Waals surface area contributed by atoms with Crippen molar-refractivity contribution in [3.8, 4) is 0 Å². The summed E-state index contributed by atoms with van der Waals surface area (Å²) in [5.41, 5.74) is 1.02. The molecule has 2 aromatic carbocycles. The molecule has 0 N–H and O–H groups in total. The number of nitrogens with zero attached hydrogens (tertiary/aromatic N) is 3. The molecule has 2 aromatic heterocycles. The van der Waals surface area contributed by atoms with E-state index in [1.54, 1.807) is 58.7 Å². The number of hydrogen-bond donors (Lipinski definition) is 0. The van der Waals surface area contributed by atoms with Crippen LogP contribution in [0.5, 0.6) is 0 Å². The Morgan fingerprint density at radius 1 is 1.00 bits per heavy atom. The number of hydrogen-bond acceptors (Lipinski definition) is 7. The van der Waals surface area contributed by atoms with Crippen LogP contribution in [0.2, 0.25) is 0 Å². The minimum Gasteiger partial charge on any atom is -0.455 e. The summed E-state index contributed by atoms with van der Waals surface area (Å²) in [6.45, 7) is 4.78. The molecule has 0 radical (unpaired) electrons. The van der Waals surface area contributed by atoms with Crippen molar-refractivity contribution in [3.63, 3.8) is 0 Å². The molecule has 4 aromatic rings. The summed E-state index contributed by atoms with van der Waals surface area (Å²) in [7, 11) is -3.53. The maximum atomic E-state index is 13.0. The van der Waals surface area contributed by atoms with Gasteiger partial charge in [0, 0.05) is 26.2 Å². The molecule has 0 spiro atoms. The van der Waals surface area contributed by atoms with Crippen LogP contribution in [0.4, 0.5) is 0 Å². The molecule has 0 unspecified atom stereocenters. The minimum absolute atomic E-state index is 0.172. The first-order valence-electron chi connectivity index (χ1n) is 11.2. The van der Waals surface area contributed by atoms with E-state index in [0.29, 0.717) is 13.1 Å². The van der Waals surface area contributed by atoms with Gasteiger partial charge in [-0.15, -0.1) is 11.3 Å². The third-order valence-corrected chi connectivity index (χ3v) is 8.99. The van der Waals surface area contributed by atoms with Gasteiger partial charge in [-0.3, -0.25) is 9.69 Å². The number of para-hydroxylation sites is 1. The van der Waals surface area contributed by atoms with Gasteiger partial charge in [0.1, 0.15) is 16.5 Å². The van der Waals surface area contributed by atoms with Crippen LogP contribution < -0.4 is 0 Å². The average molecular weight is 496 g/mol. The number of aromatic nitrogens is 1. The van der Waals surface area contributed by atoms with Crippen molar-refractivity contribution < 1.29 is 17.6 Å². The van der Waals surface area contributed by atoms with Crippen LogP contribution >= 0.6 is 11.3 Å². The number of carbonyl (C=O) groups is 1. The number of carbonyl (C=O) groups excluding carboxylic acids is 1. The second kappa shape index (κ2) is 9.32. The summed E-state index contributed by atoms with van der Waals surface area (Å²) in [5, 5.41) is 1.08. The lowest BCUT2D eigenvalue weighted by Gasteiger charge is -2.37. The van der Waals surface area contributed by atoms with Gasteiger partial charge in [0.15, 0.2) is 15.6 Å². The van der Waals surface area contributed by atoms with Crippen molar-refractivity contribution in [1.82, 2.24) is 14.8 Å². The minimum atomic E-state index is -3.53. The van der Waals surface area contributed by atoms with Gasteiger partial charge >= 0.3 is 0 Å². The fourth-order valence-corrected chi connectivity index (χ4v) is 6.48. The second-order valence-corrected chi connectivity index (χ2v) is 11.4. The van der Waals surface area contributed by atoms with E-state index in [4.69, 9.17) is 9.40 Å². The number of piperazine rings is 1. The summed E-state index contributed by atoms with van der Waals surface area (Å²) in [6.07, 6.45) is 0. The molecular weight excluding hydrogens is 470 g/mol. The fourth-order valence-electron chi connectivity index (χ4n) is 4.16. The van der Waals surface area contributed by atoms with Crippen LogP contribution in [-0.2, 0) is 15.6 Å². The van der Waals surface area contributed by atoms with Crippen LogP contribution in [0, 0.1) is 0 Å². The van der Waals surface area contributed by atoms with E-state index in [2.05, 4.69) is 17.9 Å². The molecule has 9 heteroatoms. The predicted molar refractivity (Wildman–Crippen MR) is 132 cm³/mol. The SMILES string of the molecule is C[C@H](c1nc2ccccc2s1)N1CCN(C(=O)c2ccc(CS(=O)(=O)c3ccccc3)o2)CC1. The van der Waals surface area contributed by atoms with Gasteiger partial charge in [0.2, 0.25) is 0 Å². The van der Waals surface area contributed by atoms with Crippen LogP contribution in [0.1, 0.15) is 34.3 Å². The highest BCUT2D eigenvalue weighted by Crippen LogP contribution is 2.30. The molecule has 1 aliphatic rings. The first kappa shape index (κ1) is 22.8. The van der Waals surface area contributed by atoms with E-state index >= 15 is 0 Å². The Hall–Kier alpha value is -3.01. The van der Waals surface area contributed by atoms with Crippen LogP contribution in [-0.4, -0.2) is 55.3 Å². The van der Waals surface area contributed by atoms with Gasteiger partial charge in [-0.2, -0.15) is 0 Å². The molecule has 3 heterocycles. The van der Waals surface area contributed by atoms with E-state index in [1.807, 2.05) is 18.2 Å². The Morgan fingerprint density at radius 3 is 2.44 bits per heavy atom. The number of amides is 1. The number of rotatable bonds is 6. The normalized spacial score (nSPS) is 16.1. The lowest BCUT2D eigenvalue weighted by atomic mass is 10.2.